The number of rotatable bonds is 5. The van der Waals surface area contributed by atoms with Gasteiger partial charge in [0.2, 0.25) is 10.0 Å². The Hall–Kier alpha value is -1.77. The summed E-state index contributed by atoms with van der Waals surface area (Å²) in [6.07, 6.45) is 1.14. The van der Waals surface area contributed by atoms with Crippen molar-refractivity contribution in [1.29, 1.82) is 0 Å². The smallest absolute Gasteiger partial charge is 0.245 e. The van der Waals surface area contributed by atoms with Gasteiger partial charge in [-0.15, -0.1) is 0 Å². The lowest BCUT2D eigenvalue weighted by molar-refractivity contribution is 0.390. The summed E-state index contributed by atoms with van der Waals surface area (Å²) < 4.78 is 41.1. The van der Waals surface area contributed by atoms with Crippen molar-refractivity contribution >= 4 is 32.8 Å². The molecule has 1 aliphatic carbocycles. The zero-order valence-electron chi connectivity index (χ0n) is 13.3. The van der Waals surface area contributed by atoms with Gasteiger partial charge in [-0.1, -0.05) is 13.0 Å². The standard InChI is InChI=1S/C16H17N3O3S2/c1-10-8-12(10)14-7-6-11(22-14)9-19(2)24(20,21)15-5-3-4-13-16(15)18-23-17-13/h3-7,10,12H,8-9H2,1-2H3/t10-,12+/m0/s1. The van der Waals surface area contributed by atoms with Gasteiger partial charge in [0.1, 0.15) is 27.4 Å². The molecule has 0 unspecified atom stereocenters. The Balaban J connectivity index is 1.60. The minimum Gasteiger partial charge on any atom is -0.464 e. The lowest BCUT2D eigenvalue weighted by Gasteiger charge is -2.16. The molecule has 4 rings (SSSR count). The average molecular weight is 363 g/mol. The summed E-state index contributed by atoms with van der Waals surface area (Å²) >= 11 is 1.01. The summed E-state index contributed by atoms with van der Waals surface area (Å²) in [5.41, 5.74) is 1.01. The monoisotopic (exact) mass is 363 g/mol. The highest BCUT2D eigenvalue weighted by atomic mass is 32.2. The second-order valence-electron chi connectivity index (χ2n) is 6.27. The fourth-order valence-electron chi connectivity index (χ4n) is 2.86. The number of furan rings is 1. The Morgan fingerprint density at radius 1 is 1.29 bits per heavy atom. The zero-order chi connectivity index (χ0) is 16.9. The average Bonchev–Trinajstić information content (AvgIpc) is 2.96. The van der Waals surface area contributed by atoms with Gasteiger partial charge in [0.05, 0.1) is 18.3 Å². The van der Waals surface area contributed by atoms with Crippen molar-refractivity contribution in [3.63, 3.8) is 0 Å². The van der Waals surface area contributed by atoms with Crippen molar-refractivity contribution in [2.45, 2.75) is 30.7 Å². The maximum absolute atomic E-state index is 12.9. The molecule has 6 nitrogen and oxygen atoms in total. The molecular formula is C16H17N3O3S2. The van der Waals surface area contributed by atoms with Crippen molar-refractivity contribution in [1.82, 2.24) is 13.1 Å². The Kier molecular flexibility index (Phi) is 3.70. The molecule has 126 valence electrons. The predicted octanol–water partition coefficient (Wildman–Crippen LogP) is 3.23. The summed E-state index contributed by atoms with van der Waals surface area (Å²) in [4.78, 5) is 0.179. The van der Waals surface area contributed by atoms with Crippen LogP contribution in [0, 0.1) is 5.92 Å². The Labute approximate surface area is 144 Å². The van der Waals surface area contributed by atoms with Crippen LogP contribution in [0.5, 0.6) is 0 Å². The maximum Gasteiger partial charge on any atom is 0.245 e. The van der Waals surface area contributed by atoms with Crippen LogP contribution in [0.2, 0.25) is 0 Å². The molecule has 2 aromatic heterocycles. The summed E-state index contributed by atoms with van der Waals surface area (Å²) in [7, 11) is -2.11. The van der Waals surface area contributed by atoms with E-state index in [0.29, 0.717) is 28.6 Å². The number of hydrogen-bond acceptors (Lipinski definition) is 6. The van der Waals surface area contributed by atoms with Crippen molar-refractivity contribution in [3.8, 4) is 0 Å². The third-order valence-corrected chi connectivity index (χ3v) is 6.85. The lowest BCUT2D eigenvalue weighted by atomic mass is 10.3. The van der Waals surface area contributed by atoms with Gasteiger partial charge in [-0.25, -0.2) is 8.42 Å². The van der Waals surface area contributed by atoms with Crippen LogP contribution < -0.4 is 0 Å². The minimum atomic E-state index is -3.66. The van der Waals surface area contributed by atoms with Crippen LogP contribution >= 0.6 is 11.7 Å². The van der Waals surface area contributed by atoms with Crippen molar-refractivity contribution in [2.75, 3.05) is 7.05 Å². The third-order valence-electron chi connectivity index (χ3n) is 4.47. The normalized spacial score (nSPS) is 20.8. The van der Waals surface area contributed by atoms with Crippen LogP contribution in [-0.2, 0) is 16.6 Å². The summed E-state index contributed by atoms with van der Waals surface area (Å²) in [5, 5.41) is 0. The van der Waals surface area contributed by atoms with Crippen molar-refractivity contribution < 1.29 is 12.8 Å². The number of aromatic nitrogens is 2. The molecule has 1 aromatic carbocycles. The highest BCUT2D eigenvalue weighted by Crippen LogP contribution is 2.47. The second-order valence-corrected chi connectivity index (χ2v) is 8.81. The number of hydrogen-bond donors (Lipinski definition) is 0. The first-order chi connectivity index (χ1) is 11.5. The molecule has 3 aromatic rings. The molecule has 0 bridgehead atoms. The maximum atomic E-state index is 12.9. The van der Waals surface area contributed by atoms with E-state index in [4.69, 9.17) is 4.42 Å². The van der Waals surface area contributed by atoms with Gasteiger partial charge in [-0.2, -0.15) is 13.1 Å². The van der Waals surface area contributed by atoms with Gasteiger partial charge in [0, 0.05) is 13.0 Å². The van der Waals surface area contributed by atoms with Crippen LogP contribution in [-0.4, -0.2) is 28.5 Å². The van der Waals surface area contributed by atoms with E-state index in [9.17, 15) is 8.42 Å². The van der Waals surface area contributed by atoms with Gasteiger partial charge in [-0.3, -0.25) is 0 Å². The fourth-order valence-corrected chi connectivity index (χ4v) is 4.74. The van der Waals surface area contributed by atoms with E-state index >= 15 is 0 Å². The summed E-state index contributed by atoms with van der Waals surface area (Å²) in [6, 6.07) is 8.82. The molecule has 0 N–H and O–H groups in total. The molecule has 24 heavy (non-hydrogen) atoms. The van der Waals surface area contributed by atoms with E-state index in [2.05, 4.69) is 15.7 Å². The summed E-state index contributed by atoms with van der Waals surface area (Å²) in [5.74, 6) is 2.74. The lowest BCUT2D eigenvalue weighted by Crippen LogP contribution is -2.26. The molecule has 0 spiro atoms. The third kappa shape index (κ3) is 2.64. The predicted molar refractivity (Wildman–Crippen MR) is 91.3 cm³/mol. The van der Waals surface area contributed by atoms with E-state index in [1.165, 1.54) is 4.31 Å². The van der Waals surface area contributed by atoms with Crippen LogP contribution in [0.15, 0.2) is 39.6 Å². The molecular weight excluding hydrogens is 346 g/mol. The van der Waals surface area contributed by atoms with Gasteiger partial charge < -0.3 is 4.42 Å². The molecule has 1 saturated carbocycles. The number of fused-ring (bicyclic) bond motifs is 1. The van der Waals surface area contributed by atoms with Crippen LogP contribution in [0.25, 0.3) is 11.0 Å². The number of sulfonamides is 1. The first-order valence-corrected chi connectivity index (χ1v) is 9.90. The van der Waals surface area contributed by atoms with Gasteiger partial charge in [0.25, 0.3) is 0 Å². The highest BCUT2D eigenvalue weighted by molar-refractivity contribution is 7.89. The Morgan fingerprint density at radius 2 is 2.08 bits per heavy atom. The van der Waals surface area contributed by atoms with E-state index in [0.717, 1.165) is 23.9 Å². The molecule has 0 amide bonds. The zero-order valence-corrected chi connectivity index (χ0v) is 15.0. The van der Waals surface area contributed by atoms with Crippen LogP contribution in [0.1, 0.15) is 30.8 Å². The van der Waals surface area contributed by atoms with Gasteiger partial charge in [-0.05, 0) is 36.6 Å². The molecule has 0 radical (unpaired) electrons. The topological polar surface area (TPSA) is 76.3 Å². The van der Waals surface area contributed by atoms with E-state index in [1.807, 2.05) is 12.1 Å². The first kappa shape index (κ1) is 15.7. The molecule has 0 aliphatic heterocycles. The quantitative estimate of drug-likeness (QED) is 0.695. The number of benzene rings is 1. The molecule has 8 heteroatoms. The van der Waals surface area contributed by atoms with Crippen LogP contribution in [0.3, 0.4) is 0 Å². The minimum absolute atomic E-state index is 0.179. The molecule has 2 atom stereocenters. The Bertz CT molecular complexity index is 993. The molecule has 1 fully saturated rings. The molecule has 1 aliphatic rings. The largest absolute Gasteiger partial charge is 0.464 e. The van der Waals surface area contributed by atoms with Crippen molar-refractivity contribution in [3.05, 3.63) is 41.9 Å². The van der Waals surface area contributed by atoms with E-state index in [-0.39, 0.29) is 11.4 Å². The molecule has 2 heterocycles. The Morgan fingerprint density at radius 3 is 2.83 bits per heavy atom. The van der Waals surface area contributed by atoms with Crippen molar-refractivity contribution in [2.24, 2.45) is 5.92 Å². The van der Waals surface area contributed by atoms with Crippen LogP contribution in [0.4, 0.5) is 0 Å². The molecule has 0 saturated heterocycles. The fraction of sp³-hybridized carbons (Fsp3) is 0.375. The highest BCUT2D eigenvalue weighted by Gasteiger charge is 2.36. The summed E-state index contributed by atoms with van der Waals surface area (Å²) in [6.45, 7) is 2.38. The van der Waals surface area contributed by atoms with E-state index < -0.39 is 10.0 Å². The second kappa shape index (κ2) is 5.65. The SMILES string of the molecule is C[C@H]1C[C@H]1c1ccc(CN(C)S(=O)(=O)c2cccc3nsnc23)o1. The number of nitrogens with zero attached hydrogens (tertiary/aromatic N) is 3. The first-order valence-electron chi connectivity index (χ1n) is 7.73. The van der Waals surface area contributed by atoms with Gasteiger partial charge in [0.15, 0.2) is 0 Å². The van der Waals surface area contributed by atoms with E-state index in [1.54, 1.807) is 25.2 Å². The van der Waals surface area contributed by atoms with Gasteiger partial charge >= 0.3 is 0 Å².